The minimum absolute atomic E-state index is 0.210. The fourth-order valence-electron chi connectivity index (χ4n) is 1.59. The van der Waals surface area contributed by atoms with Crippen molar-refractivity contribution in [2.24, 2.45) is 5.92 Å². The molecule has 0 spiro atoms. The third-order valence-corrected chi connectivity index (χ3v) is 2.94. The minimum atomic E-state index is -0.495. The Hall–Kier alpha value is -1.22. The Bertz CT molecular complexity index is 336. The lowest BCUT2D eigenvalue weighted by atomic mass is 9.94. The number of aliphatic hydroxyl groups is 1. The van der Waals surface area contributed by atoms with Crippen molar-refractivity contribution in [2.75, 3.05) is 14.2 Å². The van der Waals surface area contributed by atoms with Crippen LogP contribution in [0.2, 0.25) is 0 Å². The fraction of sp³-hybridized carbons (Fsp3) is 0.538. The lowest BCUT2D eigenvalue weighted by molar-refractivity contribution is 0.112. The third-order valence-electron chi connectivity index (χ3n) is 2.94. The van der Waals surface area contributed by atoms with Gasteiger partial charge in [0.1, 0.15) is 11.5 Å². The van der Waals surface area contributed by atoms with Gasteiger partial charge in [-0.2, -0.15) is 0 Å². The SMILES string of the molecule is CCC(C)C(O)c1ccc(OC)cc1OC. The normalized spacial score (nSPS) is 14.3. The van der Waals surface area contributed by atoms with Crippen LogP contribution in [0.5, 0.6) is 11.5 Å². The molecule has 16 heavy (non-hydrogen) atoms. The van der Waals surface area contributed by atoms with Crippen molar-refractivity contribution in [3.05, 3.63) is 23.8 Å². The molecule has 3 heteroatoms. The molecular formula is C13H20O3. The van der Waals surface area contributed by atoms with Gasteiger partial charge in [0, 0.05) is 11.6 Å². The summed E-state index contributed by atoms with van der Waals surface area (Å²) >= 11 is 0. The molecule has 1 rings (SSSR count). The largest absolute Gasteiger partial charge is 0.497 e. The van der Waals surface area contributed by atoms with Gasteiger partial charge in [-0.05, 0) is 18.1 Å². The fourth-order valence-corrected chi connectivity index (χ4v) is 1.59. The van der Waals surface area contributed by atoms with Crippen LogP contribution in [-0.4, -0.2) is 19.3 Å². The highest BCUT2D eigenvalue weighted by Gasteiger charge is 2.19. The first-order chi connectivity index (χ1) is 7.63. The molecule has 0 aromatic heterocycles. The summed E-state index contributed by atoms with van der Waals surface area (Å²) in [6.07, 6.45) is 0.432. The van der Waals surface area contributed by atoms with Crippen LogP contribution >= 0.6 is 0 Å². The number of hydrogen-bond acceptors (Lipinski definition) is 3. The first-order valence-corrected chi connectivity index (χ1v) is 5.54. The molecule has 1 aromatic rings. The Morgan fingerprint density at radius 2 is 1.94 bits per heavy atom. The average Bonchev–Trinajstić information content (AvgIpc) is 2.35. The Kier molecular flexibility index (Phi) is 4.62. The molecule has 0 saturated carbocycles. The van der Waals surface area contributed by atoms with Gasteiger partial charge in [0.25, 0.3) is 0 Å². The minimum Gasteiger partial charge on any atom is -0.497 e. The summed E-state index contributed by atoms with van der Waals surface area (Å²) in [6.45, 7) is 4.08. The van der Waals surface area contributed by atoms with Crippen LogP contribution in [0.1, 0.15) is 31.9 Å². The van der Waals surface area contributed by atoms with Gasteiger partial charge in [0.2, 0.25) is 0 Å². The maximum atomic E-state index is 10.1. The molecule has 0 aliphatic carbocycles. The molecule has 0 aliphatic heterocycles. The lowest BCUT2D eigenvalue weighted by Crippen LogP contribution is -2.09. The van der Waals surface area contributed by atoms with E-state index in [0.717, 1.165) is 17.7 Å². The highest BCUT2D eigenvalue weighted by Crippen LogP contribution is 2.33. The molecule has 0 heterocycles. The van der Waals surface area contributed by atoms with Crippen LogP contribution in [0.25, 0.3) is 0 Å². The van der Waals surface area contributed by atoms with E-state index in [0.29, 0.717) is 5.75 Å². The van der Waals surface area contributed by atoms with Gasteiger partial charge in [-0.3, -0.25) is 0 Å². The maximum Gasteiger partial charge on any atom is 0.128 e. The molecule has 1 aromatic carbocycles. The van der Waals surface area contributed by atoms with E-state index in [2.05, 4.69) is 6.92 Å². The number of aliphatic hydroxyl groups excluding tert-OH is 1. The van der Waals surface area contributed by atoms with E-state index >= 15 is 0 Å². The van der Waals surface area contributed by atoms with E-state index in [1.807, 2.05) is 19.1 Å². The third kappa shape index (κ3) is 2.67. The van der Waals surface area contributed by atoms with Gasteiger partial charge >= 0.3 is 0 Å². The Morgan fingerprint density at radius 3 is 2.44 bits per heavy atom. The molecular weight excluding hydrogens is 204 g/mol. The van der Waals surface area contributed by atoms with Crippen LogP contribution in [0.4, 0.5) is 0 Å². The van der Waals surface area contributed by atoms with E-state index in [4.69, 9.17) is 9.47 Å². The van der Waals surface area contributed by atoms with E-state index < -0.39 is 6.10 Å². The molecule has 2 unspecified atom stereocenters. The van der Waals surface area contributed by atoms with Gasteiger partial charge < -0.3 is 14.6 Å². The molecule has 0 amide bonds. The van der Waals surface area contributed by atoms with Crippen molar-refractivity contribution in [1.29, 1.82) is 0 Å². The summed E-state index contributed by atoms with van der Waals surface area (Å²) < 4.78 is 10.4. The average molecular weight is 224 g/mol. The zero-order valence-electron chi connectivity index (χ0n) is 10.4. The molecule has 2 atom stereocenters. The van der Waals surface area contributed by atoms with Crippen molar-refractivity contribution >= 4 is 0 Å². The Morgan fingerprint density at radius 1 is 1.25 bits per heavy atom. The van der Waals surface area contributed by atoms with Crippen LogP contribution in [-0.2, 0) is 0 Å². The lowest BCUT2D eigenvalue weighted by Gasteiger charge is -2.20. The summed E-state index contributed by atoms with van der Waals surface area (Å²) in [7, 11) is 3.21. The smallest absolute Gasteiger partial charge is 0.128 e. The predicted molar refractivity (Wildman–Crippen MR) is 64.0 cm³/mol. The highest BCUT2D eigenvalue weighted by molar-refractivity contribution is 5.42. The zero-order chi connectivity index (χ0) is 12.1. The molecule has 0 radical (unpaired) electrons. The number of ether oxygens (including phenoxy) is 2. The predicted octanol–water partition coefficient (Wildman–Crippen LogP) is 2.78. The van der Waals surface area contributed by atoms with E-state index in [9.17, 15) is 5.11 Å². The van der Waals surface area contributed by atoms with Crippen LogP contribution < -0.4 is 9.47 Å². The van der Waals surface area contributed by atoms with Crippen molar-refractivity contribution in [3.8, 4) is 11.5 Å². The van der Waals surface area contributed by atoms with Gasteiger partial charge in [-0.15, -0.1) is 0 Å². The van der Waals surface area contributed by atoms with Gasteiger partial charge in [0.05, 0.1) is 20.3 Å². The molecule has 0 fully saturated rings. The van der Waals surface area contributed by atoms with Gasteiger partial charge in [-0.1, -0.05) is 20.3 Å². The number of methoxy groups -OCH3 is 2. The van der Waals surface area contributed by atoms with Gasteiger partial charge in [0.15, 0.2) is 0 Å². The first-order valence-electron chi connectivity index (χ1n) is 5.54. The maximum absolute atomic E-state index is 10.1. The molecule has 0 aliphatic rings. The first kappa shape index (κ1) is 12.8. The van der Waals surface area contributed by atoms with Crippen molar-refractivity contribution in [3.63, 3.8) is 0 Å². The summed E-state index contributed by atoms with van der Waals surface area (Å²) in [6, 6.07) is 5.48. The topological polar surface area (TPSA) is 38.7 Å². The van der Waals surface area contributed by atoms with Crippen LogP contribution in [0, 0.1) is 5.92 Å². The van der Waals surface area contributed by atoms with Crippen molar-refractivity contribution in [2.45, 2.75) is 26.4 Å². The van der Waals surface area contributed by atoms with Crippen LogP contribution in [0.3, 0.4) is 0 Å². The van der Waals surface area contributed by atoms with E-state index in [-0.39, 0.29) is 5.92 Å². The summed E-state index contributed by atoms with van der Waals surface area (Å²) in [5.74, 6) is 1.62. The number of rotatable bonds is 5. The molecule has 1 N–H and O–H groups in total. The number of benzene rings is 1. The molecule has 3 nitrogen and oxygen atoms in total. The summed E-state index contributed by atoms with van der Waals surface area (Å²) in [5.41, 5.74) is 0.817. The van der Waals surface area contributed by atoms with E-state index in [1.165, 1.54) is 0 Å². The van der Waals surface area contributed by atoms with Crippen molar-refractivity contribution < 1.29 is 14.6 Å². The second-order valence-corrected chi connectivity index (χ2v) is 3.94. The summed E-state index contributed by atoms with van der Waals surface area (Å²) in [4.78, 5) is 0. The monoisotopic (exact) mass is 224 g/mol. The second kappa shape index (κ2) is 5.75. The second-order valence-electron chi connectivity index (χ2n) is 3.94. The highest BCUT2D eigenvalue weighted by atomic mass is 16.5. The quantitative estimate of drug-likeness (QED) is 0.835. The van der Waals surface area contributed by atoms with Gasteiger partial charge in [-0.25, -0.2) is 0 Å². The summed E-state index contributed by atoms with van der Waals surface area (Å²) in [5, 5.41) is 10.1. The standard InChI is InChI=1S/C13H20O3/c1-5-9(2)13(14)11-7-6-10(15-3)8-12(11)16-4/h6-9,13-14H,5H2,1-4H3. The Balaban J connectivity index is 3.03. The van der Waals surface area contributed by atoms with E-state index in [1.54, 1.807) is 20.3 Å². The zero-order valence-corrected chi connectivity index (χ0v) is 10.4. The molecule has 0 bridgehead atoms. The molecule has 90 valence electrons. The van der Waals surface area contributed by atoms with Crippen LogP contribution in [0.15, 0.2) is 18.2 Å². The molecule has 0 saturated heterocycles. The number of hydrogen-bond donors (Lipinski definition) is 1. The Labute approximate surface area is 97.0 Å². The van der Waals surface area contributed by atoms with Crippen molar-refractivity contribution in [1.82, 2.24) is 0 Å².